The Morgan fingerprint density at radius 2 is 2.24 bits per heavy atom. The summed E-state index contributed by atoms with van der Waals surface area (Å²) in [6, 6.07) is 2.94. The van der Waals surface area contributed by atoms with Crippen molar-refractivity contribution < 1.29 is 13.9 Å². The largest absolute Gasteiger partial charge is 0.490 e. The van der Waals surface area contributed by atoms with Crippen LogP contribution in [-0.2, 0) is 4.79 Å². The summed E-state index contributed by atoms with van der Waals surface area (Å²) in [4.78, 5) is 12.0. The lowest BCUT2D eigenvalue weighted by Gasteiger charge is -2.28. The second kappa shape index (κ2) is 5.64. The van der Waals surface area contributed by atoms with E-state index in [0.717, 1.165) is 24.8 Å². The number of nitrogens with two attached hydrogens (primary N) is 1. The second-order valence-electron chi connectivity index (χ2n) is 5.91. The minimum atomic E-state index is -0.392. The van der Waals surface area contributed by atoms with Crippen LogP contribution in [0.25, 0.3) is 0 Å². The molecule has 2 atom stereocenters. The van der Waals surface area contributed by atoms with Crippen molar-refractivity contribution >= 4 is 5.91 Å². The maximum absolute atomic E-state index is 14.2. The molecule has 1 saturated carbocycles. The van der Waals surface area contributed by atoms with Crippen LogP contribution in [0.5, 0.6) is 5.75 Å². The molecule has 0 spiro atoms. The zero-order chi connectivity index (χ0) is 15.0. The average Bonchev–Trinajstić information content (AvgIpc) is 3.31. The van der Waals surface area contributed by atoms with Gasteiger partial charge in [0.25, 0.3) is 0 Å². The van der Waals surface area contributed by atoms with E-state index < -0.39 is 5.82 Å². The molecule has 2 aliphatic rings. The van der Waals surface area contributed by atoms with Crippen LogP contribution in [0.3, 0.4) is 0 Å². The molecule has 3 rings (SSSR count). The van der Waals surface area contributed by atoms with Crippen LogP contribution in [0.2, 0.25) is 0 Å². The van der Waals surface area contributed by atoms with Gasteiger partial charge >= 0.3 is 0 Å². The van der Waals surface area contributed by atoms with Gasteiger partial charge in [-0.05, 0) is 37.0 Å². The molecule has 0 aromatic heterocycles. The minimum absolute atomic E-state index is 0.0680. The van der Waals surface area contributed by atoms with E-state index in [-0.39, 0.29) is 29.7 Å². The number of hydrogen-bond acceptors (Lipinski definition) is 3. The molecule has 3 N–H and O–H groups in total. The van der Waals surface area contributed by atoms with E-state index in [9.17, 15) is 9.18 Å². The van der Waals surface area contributed by atoms with Gasteiger partial charge in [0.2, 0.25) is 5.91 Å². The van der Waals surface area contributed by atoms with Crippen LogP contribution >= 0.6 is 0 Å². The molecule has 2 unspecified atom stereocenters. The maximum Gasteiger partial charge on any atom is 0.223 e. The number of nitrogens with one attached hydrogen (secondary N) is 1. The maximum atomic E-state index is 14.2. The lowest BCUT2D eigenvalue weighted by Crippen LogP contribution is -2.33. The Kier molecular flexibility index (Phi) is 3.85. The van der Waals surface area contributed by atoms with E-state index in [1.54, 1.807) is 0 Å². The average molecular weight is 292 g/mol. The molecule has 0 bridgehead atoms. The highest BCUT2D eigenvalue weighted by Crippen LogP contribution is 2.38. The van der Waals surface area contributed by atoms with Crippen LogP contribution in [-0.4, -0.2) is 12.5 Å². The molecule has 1 aromatic carbocycles. The molecule has 114 valence electrons. The van der Waals surface area contributed by atoms with Crippen molar-refractivity contribution in [3.8, 4) is 5.75 Å². The van der Waals surface area contributed by atoms with Gasteiger partial charge in [0.05, 0.1) is 12.6 Å². The molecule has 21 heavy (non-hydrogen) atoms. The van der Waals surface area contributed by atoms with E-state index >= 15 is 0 Å². The Labute approximate surface area is 123 Å². The number of carbonyl (C=O) groups excluding carboxylic acids is 1. The van der Waals surface area contributed by atoms with Crippen molar-refractivity contribution in [2.24, 2.45) is 11.7 Å². The Hall–Kier alpha value is -1.62. The Morgan fingerprint density at radius 1 is 1.48 bits per heavy atom. The van der Waals surface area contributed by atoms with Crippen molar-refractivity contribution in [3.63, 3.8) is 0 Å². The summed E-state index contributed by atoms with van der Waals surface area (Å²) in [6.07, 6.45) is 3.31. The smallest absolute Gasteiger partial charge is 0.223 e. The normalized spacial score (nSPS) is 22.1. The number of carbonyl (C=O) groups is 1. The van der Waals surface area contributed by atoms with Crippen molar-refractivity contribution in [1.82, 2.24) is 5.32 Å². The number of halogens is 1. The Morgan fingerprint density at radius 3 is 2.90 bits per heavy atom. The van der Waals surface area contributed by atoms with Gasteiger partial charge < -0.3 is 15.8 Å². The quantitative estimate of drug-likeness (QED) is 0.896. The Bertz CT molecular complexity index is 557. The van der Waals surface area contributed by atoms with E-state index in [4.69, 9.17) is 10.5 Å². The van der Waals surface area contributed by atoms with Gasteiger partial charge in [-0.2, -0.15) is 0 Å². The van der Waals surface area contributed by atoms with E-state index in [1.807, 2.05) is 13.0 Å². The zero-order valence-electron chi connectivity index (χ0n) is 12.2. The van der Waals surface area contributed by atoms with Gasteiger partial charge in [0.15, 0.2) is 11.6 Å². The third-order valence-corrected chi connectivity index (χ3v) is 4.26. The number of hydrogen-bond donors (Lipinski definition) is 2. The number of amides is 1. The van der Waals surface area contributed by atoms with Crippen molar-refractivity contribution in [1.29, 1.82) is 0 Å². The molecule has 4 nitrogen and oxygen atoms in total. The van der Waals surface area contributed by atoms with Crippen LogP contribution < -0.4 is 15.8 Å². The third kappa shape index (κ3) is 2.88. The van der Waals surface area contributed by atoms with Crippen molar-refractivity contribution in [2.75, 3.05) is 6.61 Å². The molecule has 0 radical (unpaired) electrons. The highest BCUT2D eigenvalue weighted by Gasteiger charge is 2.33. The van der Waals surface area contributed by atoms with Crippen LogP contribution in [0.4, 0.5) is 4.39 Å². The minimum Gasteiger partial charge on any atom is -0.490 e. The molecule has 1 amide bonds. The first-order valence-corrected chi connectivity index (χ1v) is 7.62. The van der Waals surface area contributed by atoms with Crippen LogP contribution in [0.1, 0.15) is 55.8 Å². The van der Waals surface area contributed by atoms with Gasteiger partial charge in [-0.25, -0.2) is 4.39 Å². The fourth-order valence-corrected chi connectivity index (χ4v) is 2.72. The van der Waals surface area contributed by atoms with Crippen molar-refractivity contribution in [2.45, 2.75) is 44.7 Å². The fraction of sp³-hybridized carbons (Fsp3) is 0.562. The van der Waals surface area contributed by atoms with Gasteiger partial charge in [-0.1, -0.05) is 6.92 Å². The zero-order valence-corrected chi connectivity index (χ0v) is 12.2. The summed E-state index contributed by atoms with van der Waals surface area (Å²) < 4.78 is 19.7. The molecule has 1 fully saturated rings. The molecular weight excluding hydrogens is 271 g/mol. The molecular formula is C16H21FN2O2. The summed E-state index contributed by atoms with van der Waals surface area (Å²) in [6.45, 7) is 2.38. The molecule has 5 heteroatoms. The van der Waals surface area contributed by atoms with Gasteiger partial charge in [0, 0.05) is 23.9 Å². The highest BCUT2D eigenvalue weighted by molar-refractivity contribution is 5.81. The van der Waals surface area contributed by atoms with E-state index in [1.165, 1.54) is 6.07 Å². The summed E-state index contributed by atoms with van der Waals surface area (Å²) in [7, 11) is 0. The van der Waals surface area contributed by atoms with Crippen LogP contribution in [0.15, 0.2) is 12.1 Å². The van der Waals surface area contributed by atoms with E-state index in [2.05, 4.69) is 5.32 Å². The number of ether oxygens (including phenoxy) is 1. The summed E-state index contributed by atoms with van der Waals surface area (Å²) in [5.41, 5.74) is 7.48. The first-order valence-electron chi connectivity index (χ1n) is 7.62. The Balaban J connectivity index is 1.90. The number of fused-ring (bicyclic) bond motifs is 1. The predicted octanol–water partition coefficient (Wildman–Crippen LogP) is 2.59. The van der Waals surface area contributed by atoms with Crippen molar-refractivity contribution in [3.05, 3.63) is 29.1 Å². The molecule has 1 aliphatic heterocycles. The summed E-state index contributed by atoms with van der Waals surface area (Å²) in [5.74, 6) is 0.0758. The monoisotopic (exact) mass is 292 g/mol. The fourth-order valence-electron chi connectivity index (χ4n) is 2.72. The standard InChI is InChI=1S/C16H21FN2O2/c1-2-13(18)10-7-11-14(19-16(20)9-3-4-9)5-6-21-15(11)12(17)8-10/h7-9,13-14H,2-6,18H2,1H3,(H,19,20). The third-order valence-electron chi connectivity index (χ3n) is 4.26. The first-order chi connectivity index (χ1) is 10.1. The van der Waals surface area contributed by atoms with Gasteiger partial charge in [0.1, 0.15) is 0 Å². The lowest BCUT2D eigenvalue weighted by molar-refractivity contribution is -0.123. The number of rotatable bonds is 4. The van der Waals surface area contributed by atoms with Crippen LogP contribution in [0, 0.1) is 11.7 Å². The SMILES string of the molecule is CCC(N)c1cc(F)c2c(c1)C(NC(=O)C1CC1)CCO2. The van der Waals surface area contributed by atoms with Gasteiger partial charge in [-0.15, -0.1) is 0 Å². The molecule has 1 aromatic rings. The molecule has 0 saturated heterocycles. The topological polar surface area (TPSA) is 64.3 Å². The lowest BCUT2D eigenvalue weighted by atomic mass is 9.94. The summed E-state index contributed by atoms with van der Waals surface area (Å²) >= 11 is 0. The molecule has 1 aliphatic carbocycles. The van der Waals surface area contributed by atoms with Gasteiger partial charge in [-0.3, -0.25) is 4.79 Å². The number of benzene rings is 1. The highest BCUT2D eigenvalue weighted by atomic mass is 19.1. The summed E-state index contributed by atoms with van der Waals surface area (Å²) in [5, 5.41) is 3.02. The first kappa shape index (κ1) is 14.3. The second-order valence-corrected chi connectivity index (χ2v) is 5.91. The van der Waals surface area contributed by atoms with E-state index in [0.29, 0.717) is 18.6 Å². The predicted molar refractivity (Wildman–Crippen MR) is 77.3 cm³/mol. The molecule has 1 heterocycles.